The standard InChI is InChI=1S/C18H23ClN4O2.HI/c1-4-25-16-11-14(6-7-15(16)24-3)23-18(20-2)21-10-9-13-5-8-17(19)22-12-13;/h5-8,11-12H,4,9-10H2,1-3H3,(H2,20,21,23);1H. The third-order valence-electron chi connectivity index (χ3n) is 3.44. The summed E-state index contributed by atoms with van der Waals surface area (Å²) in [6.07, 6.45) is 2.59. The molecule has 1 heterocycles. The quantitative estimate of drug-likeness (QED) is 0.266. The van der Waals surface area contributed by atoms with Gasteiger partial charge in [0.2, 0.25) is 0 Å². The summed E-state index contributed by atoms with van der Waals surface area (Å²) in [5, 5.41) is 7.01. The fraction of sp³-hybridized carbons (Fsp3) is 0.333. The van der Waals surface area contributed by atoms with Crippen LogP contribution in [0.25, 0.3) is 0 Å². The van der Waals surface area contributed by atoms with E-state index in [1.807, 2.05) is 31.2 Å². The molecular weight excluding hydrogens is 467 g/mol. The van der Waals surface area contributed by atoms with Crippen LogP contribution in [-0.2, 0) is 6.42 Å². The Kier molecular flexibility index (Phi) is 10.1. The minimum Gasteiger partial charge on any atom is -0.493 e. The number of rotatable bonds is 7. The van der Waals surface area contributed by atoms with Crippen LogP contribution in [0.5, 0.6) is 11.5 Å². The Morgan fingerprint density at radius 1 is 1.23 bits per heavy atom. The van der Waals surface area contributed by atoms with Gasteiger partial charge in [-0.05, 0) is 37.1 Å². The van der Waals surface area contributed by atoms with Gasteiger partial charge in [0.25, 0.3) is 0 Å². The minimum absolute atomic E-state index is 0. The maximum Gasteiger partial charge on any atom is 0.195 e. The molecule has 0 bridgehead atoms. The molecule has 6 nitrogen and oxygen atoms in total. The highest BCUT2D eigenvalue weighted by Crippen LogP contribution is 2.30. The molecule has 8 heteroatoms. The van der Waals surface area contributed by atoms with Crippen LogP contribution in [0.2, 0.25) is 5.15 Å². The molecule has 0 radical (unpaired) electrons. The Balaban J connectivity index is 0.00000338. The number of methoxy groups -OCH3 is 1. The van der Waals surface area contributed by atoms with Crippen LogP contribution in [0.4, 0.5) is 5.69 Å². The minimum atomic E-state index is 0. The second-order valence-electron chi connectivity index (χ2n) is 5.16. The molecule has 0 aliphatic heterocycles. The van der Waals surface area contributed by atoms with Gasteiger partial charge in [-0.1, -0.05) is 17.7 Å². The normalized spacial score (nSPS) is 10.7. The van der Waals surface area contributed by atoms with Gasteiger partial charge in [0, 0.05) is 31.5 Å². The second kappa shape index (κ2) is 11.8. The smallest absolute Gasteiger partial charge is 0.195 e. The van der Waals surface area contributed by atoms with Gasteiger partial charge in [-0.15, -0.1) is 24.0 Å². The lowest BCUT2D eigenvalue weighted by Crippen LogP contribution is -2.32. The molecule has 0 fully saturated rings. The van der Waals surface area contributed by atoms with E-state index in [9.17, 15) is 0 Å². The van der Waals surface area contributed by atoms with Gasteiger partial charge in [0.05, 0.1) is 13.7 Å². The number of hydrogen-bond donors (Lipinski definition) is 2. The Morgan fingerprint density at radius 3 is 2.65 bits per heavy atom. The van der Waals surface area contributed by atoms with Gasteiger partial charge in [-0.3, -0.25) is 4.99 Å². The molecular formula is C18H24ClIN4O2. The molecule has 1 aromatic heterocycles. The van der Waals surface area contributed by atoms with E-state index in [0.29, 0.717) is 29.2 Å². The fourth-order valence-electron chi connectivity index (χ4n) is 2.22. The molecule has 2 aromatic rings. The molecule has 26 heavy (non-hydrogen) atoms. The average Bonchev–Trinajstić information content (AvgIpc) is 2.63. The van der Waals surface area contributed by atoms with Crippen molar-refractivity contribution in [1.29, 1.82) is 0 Å². The summed E-state index contributed by atoms with van der Waals surface area (Å²) >= 11 is 5.79. The molecule has 0 aliphatic carbocycles. The van der Waals surface area contributed by atoms with Crippen LogP contribution in [0, 0.1) is 0 Å². The van der Waals surface area contributed by atoms with E-state index in [0.717, 1.165) is 24.2 Å². The van der Waals surface area contributed by atoms with Crippen LogP contribution in [-0.4, -0.2) is 38.3 Å². The fourth-order valence-corrected chi connectivity index (χ4v) is 2.33. The average molecular weight is 491 g/mol. The van der Waals surface area contributed by atoms with E-state index in [-0.39, 0.29) is 24.0 Å². The van der Waals surface area contributed by atoms with Crippen molar-refractivity contribution < 1.29 is 9.47 Å². The highest BCUT2D eigenvalue weighted by molar-refractivity contribution is 14.0. The lowest BCUT2D eigenvalue weighted by atomic mass is 10.2. The highest BCUT2D eigenvalue weighted by Gasteiger charge is 2.07. The summed E-state index contributed by atoms with van der Waals surface area (Å²) in [5.41, 5.74) is 1.97. The lowest BCUT2D eigenvalue weighted by molar-refractivity contribution is 0.311. The first kappa shape index (κ1) is 22.3. The van der Waals surface area contributed by atoms with Crippen molar-refractivity contribution in [2.75, 3.05) is 32.6 Å². The van der Waals surface area contributed by atoms with Crippen molar-refractivity contribution in [2.24, 2.45) is 4.99 Å². The van der Waals surface area contributed by atoms with Gasteiger partial charge >= 0.3 is 0 Å². The van der Waals surface area contributed by atoms with E-state index >= 15 is 0 Å². The summed E-state index contributed by atoms with van der Waals surface area (Å²) < 4.78 is 10.9. The summed E-state index contributed by atoms with van der Waals surface area (Å²) in [7, 11) is 3.35. The topological polar surface area (TPSA) is 67.8 Å². The zero-order valence-corrected chi connectivity index (χ0v) is 18.2. The van der Waals surface area contributed by atoms with Crippen LogP contribution in [0.3, 0.4) is 0 Å². The van der Waals surface area contributed by atoms with Crippen LogP contribution in [0.1, 0.15) is 12.5 Å². The molecule has 0 saturated carbocycles. The van der Waals surface area contributed by atoms with Crippen molar-refractivity contribution in [2.45, 2.75) is 13.3 Å². The van der Waals surface area contributed by atoms with Crippen molar-refractivity contribution in [3.05, 3.63) is 47.2 Å². The number of nitrogens with zero attached hydrogens (tertiary/aromatic N) is 2. The van der Waals surface area contributed by atoms with E-state index in [1.54, 1.807) is 26.4 Å². The van der Waals surface area contributed by atoms with Crippen molar-refractivity contribution in [3.8, 4) is 11.5 Å². The zero-order chi connectivity index (χ0) is 18.1. The maximum atomic E-state index is 5.79. The number of ether oxygens (including phenoxy) is 2. The molecule has 0 spiro atoms. The first-order valence-electron chi connectivity index (χ1n) is 8.05. The number of benzene rings is 1. The first-order valence-corrected chi connectivity index (χ1v) is 8.43. The molecule has 0 unspecified atom stereocenters. The molecule has 2 rings (SSSR count). The Bertz CT molecular complexity index is 711. The second-order valence-corrected chi connectivity index (χ2v) is 5.55. The van der Waals surface area contributed by atoms with Crippen molar-refractivity contribution in [3.63, 3.8) is 0 Å². The highest BCUT2D eigenvalue weighted by atomic mass is 127. The SMILES string of the molecule is CCOc1cc(NC(=NC)NCCc2ccc(Cl)nc2)ccc1OC.I. The lowest BCUT2D eigenvalue weighted by Gasteiger charge is -2.14. The predicted molar refractivity (Wildman–Crippen MR) is 118 cm³/mol. The molecule has 1 aromatic carbocycles. The number of halogens is 2. The first-order chi connectivity index (χ1) is 12.2. The van der Waals surface area contributed by atoms with E-state index in [1.165, 1.54) is 0 Å². The summed E-state index contributed by atoms with van der Waals surface area (Å²) in [5.74, 6) is 2.07. The monoisotopic (exact) mass is 490 g/mol. The number of nitrogens with one attached hydrogen (secondary N) is 2. The van der Waals surface area contributed by atoms with E-state index in [2.05, 4.69) is 20.6 Å². The van der Waals surface area contributed by atoms with Gasteiger partial charge < -0.3 is 20.1 Å². The maximum absolute atomic E-state index is 5.79. The molecule has 0 saturated heterocycles. The van der Waals surface area contributed by atoms with Crippen molar-refractivity contribution in [1.82, 2.24) is 10.3 Å². The molecule has 0 aliphatic rings. The number of anilines is 1. The number of aliphatic imine (C=N–C) groups is 1. The Hall–Kier alpha value is -1.74. The largest absolute Gasteiger partial charge is 0.493 e. The number of guanidine groups is 1. The number of hydrogen-bond acceptors (Lipinski definition) is 4. The Morgan fingerprint density at radius 2 is 2.04 bits per heavy atom. The summed E-state index contributed by atoms with van der Waals surface area (Å²) in [6.45, 7) is 3.23. The molecule has 142 valence electrons. The van der Waals surface area contributed by atoms with Gasteiger partial charge in [0.1, 0.15) is 5.15 Å². The summed E-state index contributed by atoms with van der Waals surface area (Å²) in [4.78, 5) is 8.31. The molecule has 2 N–H and O–H groups in total. The van der Waals surface area contributed by atoms with Crippen LogP contribution < -0.4 is 20.1 Å². The summed E-state index contributed by atoms with van der Waals surface area (Å²) in [6, 6.07) is 9.41. The van der Waals surface area contributed by atoms with Crippen LogP contribution >= 0.6 is 35.6 Å². The van der Waals surface area contributed by atoms with E-state index < -0.39 is 0 Å². The van der Waals surface area contributed by atoms with Gasteiger partial charge in [-0.25, -0.2) is 4.98 Å². The van der Waals surface area contributed by atoms with Gasteiger partial charge in [0.15, 0.2) is 17.5 Å². The molecule has 0 amide bonds. The van der Waals surface area contributed by atoms with E-state index in [4.69, 9.17) is 21.1 Å². The Labute approximate surface area is 176 Å². The third kappa shape index (κ3) is 6.87. The zero-order valence-electron chi connectivity index (χ0n) is 15.1. The van der Waals surface area contributed by atoms with Crippen LogP contribution in [0.15, 0.2) is 41.5 Å². The van der Waals surface area contributed by atoms with Crippen molar-refractivity contribution >= 4 is 47.2 Å². The predicted octanol–water partition coefficient (Wildman–Crippen LogP) is 3.99. The molecule has 0 atom stereocenters. The number of pyridine rings is 1. The van der Waals surface area contributed by atoms with Gasteiger partial charge in [-0.2, -0.15) is 0 Å². The number of aromatic nitrogens is 1. The third-order valence-corrected chi connectivity index (χ3v) is 3.67.